The number of likely N-dealkylation sites (tertiary alicyclic amines) is 1. The lowest BCUT2D eigenvalue weighted by Gasteiger charge is -2.43. The van der Waals surface area contributed by atoms with Crippen LogP contribution in [-0.2, 0) is 23.7 Å². The predicted molar refractivity (Wildman–Crippen MR) is 262 cm³/mol. The van der Waals surface area contributed by atoms with Crippen LogP contribution in [0.4, 0.5) is 5.69 Å². The van der Waals surface area contributed by atoms with Gasteiger partial charge in [-0.15, -0.1) is 0 Å². The summed E-state index contributed by atoms with van der Waals surface area (Å²) in [4.78, 5) is 31.0. The van der Waals surface area contributed by atoms with E-state index in [1.165, 1.54) is 20.0 Å². The standard InChI is InChI=1S/C47H67N5O7.C6H12/c1-37(41-21-25-48-26-22-41)49-39(3)47(23-27-52(4)28-24-47)51-43-15-13-14-42(36-43)46(54)50-38(2)40-17-19-44(20-18-40)59-31-12-7-6-10-29-56-32-34-58-35-33-57-30-11-8-9-16-45(53)55-5;1-5-3-4-6(5)2/h13-15,17-22,25-26,36,38,49,51H,1,3,6-12,16,23-24,27-35H2,2,4-5H3,(H,50,54);5-6H,3-4H2,1-2H3. The summed E-state index contributed by atoms with van der Waals surface area (Å²) in [5.41, 5.74) is 4.60. The van der Waals surface area contributed by atoms with Crippen LogP contribution >= 0.6 is 0 Å². The van der Waals surface area contributed by atoms with Crippen LogP contribution in [0.5, 0.6) is 5.75 Å². The van der Waals surface area contributed by atoms with Crippen LogP contribution in [-0.4, -0.2) is 101 Å². The molecule has 1 saturated carbocycles. The molecule has 1 aromatic heterocycles. The number of nitrogens with one attached hydrogen (secondary N) is 3. The first-order chi connectivity index (χ1) is 31.5. The predicted octanol–water partition coefficient (Wildman–Crippen LogP) is 10.00. The number of aromatic nitrogens is 1. The van der Waals surface area contributed by atoms with Crippen molar-refractivity contribution in [2.24, 2.45) is 11.8 Å². The number of nitrogens with zero attached hydrogens (tertiary/aromatic N) is 2. The van der Waals surface area contributed by atoms with Crippen molar-refractivity contribution in [2.45, 2.75) is 109 Å². The molecule has 2 fully saturated rings. The van der Waals surface area contributed by atoms with Crippen molar-refractivity contribution in [2.75, 3.05) is 78.8 Å². The second-order valence-electron chi connectivity index (χ2n) is 17.7. The molecular weight excluding hydrogens is 819 g/mol. The van der Waals surface area contributed by atoms with Crippen molar-refractivity contribution in [1.82, 2.24) is 20.5 Å². The van der Waals surface area contributed by atoms with Gasteiger partial charge in [-0.05, 0) is 119 Å². The fourth-order valence-electron chi connectivity index (χ4n) is 7.64. The normalized spacial score (nSPS) is 17.1. The van der Waals surface area contributed by atoms with Gasteiger partial charge in [-0.25, -0.2) is 0 Å². The van der Waals surface area contributed by atoms with Gasteiger partial charge in [0.25, 0.3) is 5.91 Å². The molecule has 3 atom stereocenters. The van der Waals surface area contributed by atoms with Crippen LogP contribution < -0.4 is 20.7 Å². The van der Waals surface area contributed by atoms with E-state index in [2.05, 4.69) is 64.6 Å². The number of methoxy groups -OCH3 is 1. The van der Waals surface area contributed by atoms with Crippen LogP contribution in [0, 0.1) is 11.8 Å². The van der Waals surface area contributed by atoms with Gasteiger partial charge in [0.1, 0.15) is 5.75 Å². The highest BCUT2D eigenvalue weighted by molar-refractivity contribution is 5.95. The topological polar surface area (TPSA) is 133 Å². The molecule has 0 radical (unpaired) electrons. The van der Waals surface area contributed by atoms with E-state index < -0.39 is 5.54 Å². The molecule has 3 unspecified atom stereocenters. The number of rotatable bonds is 29. The van der Waals surface area contributed by atoms with E-state index in [1.807, 2.05) is 67.6 Å². The zero-order valence-corrected chi connectivity index (χ0v) is 40.2. The van der Waals surface area contributed by atoms with Gasteiger partial charge in [0.05, 0.1) is 51.7 Å². The van der Waals surface area contributed by atoms with E-state index in [4.69, 9.17) is 18.9 Å². The zero-order chi connectivity index (χ0) is 46.7. The molecule has 0 bridgehead atoms. The molecule has 5 rings (SSSR count). The fraction of sp³-hybridized carbons (Fsp3) is 0.566. The van der Waals surface area contributed by atoms with E-state index in [0.717, 1.165) is 123 Å². The Labute approximate surface area is 390 Å². The first-order valence-electron chi connectivity index (χ1n) is 24.0. The number of esters is 1. The minimum atomic E-state index is -0.422. The molecule has 2 aromatic carbocycles. The average molecular weight is 898 g/mol. The Hall–Kier alpha value is -4.75. The number of carbonyl (C=O) groups is 2. The lowest BCUT2D eigenvalue weighted by molar-refractivity contribution is -0.140. The van der Waals surface area contributed by atoms with E-state index in [0.29, 0.717) is 51.6 Å². The van der Waals surface area contributed by atoms with E-state index >= 15 is 0 Å². The Morgan fingerprint density at radius 1 is 0.769 bits per heavy atom. The van der Waals surface area contributed by atoms with Crippen LogP contribution in [0.1, 0.15) is 125 Å². The molecule has 0 spiro atoms. The number of hydrogen-bond acceptors (Lipinski definition) is 11. The smallest absolute Gasteiger partial charge is 0.305 e. The largest absolute Gasteiger partial charge is 0.494 e. The van der Waals surface area contributed by atoms with Gasteiger partial charge in [0.2, 0.25) is 0 Å². The number of benzene rings is 2. The Balaban J connectivity index is 0.00000142. The molecule has 1 aliphatic carbocycles. The summed E-state index contributed by atoms with van der Waals surface area (Å²) < 4.78 is 27.4. The molecule has 12 heteroatoms. The summed E-state index contributed by atoms with van der Waals surface area (Å²) in [6.45, 7) is 21.5. The van der Waals surface area contributed by atoms with Crippen molar-refractivity contribution < 1.29 is 33.3 Å². The minimum Gasteiger partial charge on any atom is -0.494 e. The first-order valence-corrected chi connectivity index (χ1v) is 24.0. The maximum atomic E-state index is 13.5. The Morgan fingerprint density at radius 3 is 1.94 bits per heavy atom. The van der Waals surface area contributed by atoms with Gasteiger partial charge in [0.15, 0.2) is 0 Å². The van der Waals surface area contributed by atoms with Crippen LogP contribution in [0.3, 0.4) is 0 Å². The number of pyridine rings is 1. The highest BCUT2D eigenvalue weighted by Gasteiger charge is 2.37. The van der Waals surface area contributed by atoms with Gasteiger partial charge in [-0.3, -0.25) is 14.6 Å². The Bertz CT molecular complexity index is 1830. The maximum Gasteiger partial charge on any atom is 0.305 e. The third-order valence-corrected chi connectivity index (χ3v) is 12.6. The monoisotopic (exact) mass is 898 g/mol. The Kier molecular flexibility index (Phi) is 24.2. The van der Waals surface area contributed by atoms with Crippen LogP contribution in [0.15, 0.2) is 91.9 Å². The van der Waals surface area contributed by atoms with Gasteiger partial charge < -0.3 is 44.5 Å². The summed E-state index contributed by atoms with van der Waals surface area (Å²) in [6.07, 6.45) is 15.5. The van der Waals surface area contributed by atoms with E-state index in [9.17, 15) is 9.59 Å². The van der Waals surface area contributed by atoms with Crippen molar-refractivity contribution >= 4 is 23.3 Å². The van der Waals surface area contributed by atoms with Crippen LogP contribution in [0.2, 0.25) is 0 Å². The van der Waals surface area contributed by atoms with E-state index in [1.54, 1.807) is 12.4 Å². The third-order valence-electron chi connectivity index (χ3n) is 12.6. The number of anilines is 1. The summed E-state index contributed by atoms with van der Waals surface area (Å²) >= 11 is 0. The second kappa shape index (κ2) is 29.7. The second-order valence-corrected chi connectivity index (χ2v) is 17.7. The number of ether oxygens (including phenoxy) is 5. The van der Waals surface area contributed by atoms with Crippen molar-refractivity contribution in [3.8, 4) is 5.75 Å². The van der Waals surface area contributed by atoms with Crippen molar-refractivity contribution in [1.29, 1.82) is 0 Å². The quantitative estimate of drug-likeness (QED) is 0.0455. The molecule has 1 aliphatic heterocycles. The fourth-order valence-corrected chi connectivity index (χ4v) is 7.64. The molecule has 1 amide bonds. The molecular formula is C53H79N5O7. The molecule has 65 heavy (non-hydrogen) atoms. The molecule has 2 heterocycles. The van der Waals surface area contributed by atoms with Crippen molar-refractivity contribution in [3.63, 3.8) is 0 Å². The van der Waals surface area contributed by atoms with Gasteiger partial charge in [-0.1, -0.05) is 70.9 Å². The summed E-state index contributed by atoms with van der Waals surface area (Å²) in [5.74, 6) is 2.59. The molecule has 3 aromatic rings. The number of carbonyl (C=O) groups excluding carboxylic acids is 2. The van der Waals surface area contributed by atoms with Gasteiger partial charge in [0, 0.05) is 73.3 Å². The first kappa shape index (κ1) is 52.9. The summed E-state index contributed by atoms with van der Waals surface area (Å²) in [7, 11) is 3.55. The maximum absolute atomic E-state index is 13.5. The van der Waals surface area contributed by atoms with Gasteiger partial charge >= 0.3 is 5.97 Å². The molecule has 358 valence electrons. The lowest BCUT2D eigenvalue weighted by atomic mass is 9.77. The lowest BCUT2D eigenvalue weighted by Crippen LogP contribution is -2.52. The number of amides is 1. The summed E-state index contributed by atoms with van der Waals surface area (Å²) in [6, 6.07) is 19.3. The number of unbranched alkanes of at least 4 members (excludes halogenated alkanes) is 5. The van der Waals surface area contributed by atoms with Gasteiger partial charge in [-0.2, -0.15) is 0 Å². The molecule has 12 nitrogen and oxygen atoms in total. The SMILES string of the molecule is C=C(NC(=C)C1(Nc2cccc(C(=O)NC(C)c3ccc(OCCCCCCOCCOCCOCCCCCC(=O)OC)cc3)c2)CCN(C)CC1)c1ccncc1.CC1CCC1C. The molecule has 3 N–H and O–H groups in total. The van der Waals surface area contributed by atoms with Crippen molar-refractivity contribution in [3.05, 3.63) is 109 Å². The van der Waals surface area contributed by atoms with E-state index in [-0.39, 0.29) is 17.9 Å². The highest BCUT2D eigenvalue weighted by Crippen LogP contribution is 2.34. The third kappa shape index (κ3) is 19.7. The summed E-state index contributed by atoms with van der Waals surface area (Å²) in [5, 5.41) is 10.4. The highest BCUT2D eigenvalue weighted by atomic mass is 16.5. The number of piperidine rings is 1. The average Bonchev–Trinajstić information content (AvgIpc) is 3.32. The Morgan fingerprint density at radius 2 is 1.35 bits per heavy atom. The molecule has 2 aliphatic rings. The molecule has 1 saturated heterocycles. The zero-order valence-electron chi connectivity index (χ0n) is 40.2. The van der Waals surface area contributed by atoms with Crippen LogP contribution in [0.25, 0.3) is 5.70 Å². The minimum absolute atomic E-state index is 0.139. The number of hydrogen-bond donors (Lipinski definition) is 3.